The summed E-state index contributed by atoms with van der Waals surface area (Å²) < 4.78 is 0. The molecule has 3 rings (SSSR count). The predicted molar refractivity (Wildman–Crippen MR) is 117 cm³/mol. The quantitative estimate of drug-likeness (QED) is 0.309. The first kappa shape index (κ1) is 22.3. The van der Waals surface area contributed by atoms with Gasteiger partial charge < -0.3 is 16.4 Å². The summed E-state index contributed by atoms with van der Waals surface area (Å²) >= 11 is 1.01. The molecule has 162 valence electrons. The van der Waals surface area contributed by atoms with Gasteiger partial charge in [0.25, 0.3) is 5.69 Å². The molecule has 0 spiro atoms. The molecule has 0 aromatic heterocycles. The minimum absolute atomic E-state index is 0.0311. The van der Waals surface area contributed by atoms with Gasteiger partial charge in [0, 0.05) is 23.2 Å². The van der Waals surface area contributed by atoms with Gasteiger partial charge in [-0.25, -0.2) is 0 Å². The Kier molecular flexibility index (Phi) is 6.91. The number of nitrogens with zero attached hydrogens (tertiary/aromatic N) is 1. The molecule has 1 aliphatic carbocycles. The van der Waals surface area contributed by atoms with E-state index >= 15 is 0 Å². The van der Waals surface area contributed by atoms with E-state index in [0.29, 0.717) is 5.69 Å². The highest BCUT2D eigenvalue weighted by Crippen LogP contribution is 2.31. The van der Waals surface area contributed by atoms with Crippen LogP contribution in [0.15, 0.2) is 47.4 Å². The van der Waals surface area contributed by atoms with E-state index in [2.05, 4.69) is 10.6 Å². The number of nitrogens with one attached hydrogen (secondary N) is 2. The zero-order valence-electron chi connectivity index (χ0n) is 16.8. The largest absolute Gasteiger partial charge is 0.366 e. The second-order valence-corrected chi connectivity index (χ2v) is 8.28. The average molecular weight is 442 g/mol. The van der Waals surface area contributed by atoms with Crippen molar-refractivity contribution < 1.29 is 19.3 Å². The maximum absolute atomic E-state index is 12.3. The van der Waals surface area contributed by atoms with Crippen molar-refractivity contribution in [3.05, 3.63) is 63.7 Å². The molecule has 9 nitrogen and oxygen atoms in total. The molecule has 3 amide bonds. The fourth-order valence-electron chi connectivity index (χ4n) is 2.89. The van der Waals surface area contributed by atoms with Gasteiger partial charge >= 0.3 is 0 Å². The molecule has 1 fully saturated rings. The third-order valence-corrected chi connectivity index (χ3v) is 5.87. The highest BCUT2D eigenvalue weighted by atomic mass is 32.2. The lowest BCUT2D eigenvalue weighted by atomic mass is 10.1. The number of rotatable bonds is 9. The molecule has 0 saturated heterocycles. The summed E-state index contributed by atoms with van der Waals surface area (Å²) in [5.41, 5.74) is 6.49. The maximum atomic E-state index is 12.3. The second-order valence-electron chi connectivity index (χ2n) is 7.27. The first-order valence-electron chi connectivity index (χ1n) is 9.66. The van der Waals surface area contributed by atoms with Crippen LogP contribution in [0, 0.1) is 16.0 Å². The van der Waals surface area contributed by atoms with E-state index in [1.807, 2.05) is 19.1 Å². The van der Waals surface area contributed by atoms with Crippen molar-refractivity contribution in [1.29, 1.82) is 0 Å². The lowest BCUT2D eigenvalue weighted by Gasteiger charge is -2.15. The van der Waals surface area contributed by atoms with E-state index < -0.39 is 10.8 Å². The molecule has 2 aromatic rings. The number of nitro benzene ring substituents is 1. The summed E-state index contributed by atoms with van der Waals surface area (Å²) in [6.07, 6.45) is 1.87. The van der Waals surface area contributed by atoms with Crippen molar-refractivity contribution in [2.45, 2.75) is 30.7 Å². The molecule has 1 aliphatic rings. The van der Waals surface area contributed by atoms with Crippen molar-refractivity contribution in [3.63, 3.8) is 0 Å². The number of nitrogens with two attached hydrogens (primary N) is 1. The van der Waals surface area contributed by atoms with Gasteiger partial charge in [-0.1, -0.05) is 12.1 Å². The predicted octanol–water partition coefficient (Wildman–Crippen LogP) is 3.01. The zero-order chi connectivity index (χ0) is 22.5. The molecule has 0 aliphatic heterocycles. The Morgan fingerprint density at radius 3 is 2.45 bits per heavy atom. The third kappa shape index (κ3) is 6.05. The third-order valence-electron chi connectivity index (χ3n) is 4.80. The van der Waals surface area contributed by atoms with Gasteiger partial charge in [0.05, 0.1) is 21.6 Å². The molecule has 0 bridgehead atoms. The Balaban J connectivity index is 1.55. The lowest BCUT2D eigenvalue weighted by molar-refractivity contribution is -0.387. The van der Waals surface area contributed by atoms with E-state index in [1.165, 1.54) is 12.1 Å². The van der Waals surface area contributed by atoms with E-state index in [9.17, 15) is 24.5 Å². The molecule has 4 N–H and O–H groups in total. The topological polar surface area (TPSA) is 144 Å². The van der Waals surface area contributed by atoms with E-state index in [4.69, 9.17) is 5.73 Å². The van der Waals surface area contributed by atoms with Crippen LogP contribution in [0.25, 0.3) is 0 Å². The molecule has 1 atom stereocenters. The Bertz CT molecular complexity index is 1020. The van der Waals surface area contributed by atoms with E-state index in [0.717, 1.165) is 36.2 Å². The van der Waals surface area contributed by atoms with Crippen LogP contribution in [0.5, 0.6) is 0 Å². The smallest absolute Gasteiger partial charge is 0.283 e. The van der Waals surface area contributed by atoms with Crippen molar-refractivity contribution in [2.75, 3.05) is 11.1 Å². The monoisotopic (exact) mass is 442 g/mol. The minimum atomic E-state index is -0.760. The molecule has 0 heterocycles. The number of carbonyl (C=O) groups excluding carboxylic acids is 3. The zero-order valence-corrected chi connectivity index (χ0v) is 17.6. The normalized spacial score (nSPS) is 13.8. The van der Waals surface area contributed by atoms with Gasteiger partial charge in [0.1, 0.15) is 0 Å². The van der Waals surface area contributed by atoms with Crippen LogP contribution in [-0.2, 0) is 9.59 Å². The summed E-state index contributed by atoms with van der Waals surface area (Å²) in [5, 5.41) is 17.0. The number of hydrogen-bond acceptors (Lipinski definition) is 6. The highest BCUT2D eigenvalue weighted by molar-refractivity contribution is 8.00. The molecule has 0 radical (unpaired) electrons. The molecule has 1 unspecified atom stereocenters. The number of amides is 3. The van der Waals surface area contributed by atoms with Crippen LogP contribution < -0.4 is 16.4 Å². The number of carbonyl (C=O) groups is 3. The van der Waals surface area contributed by atoms with Crippen LogP contribution >= 0.6 is 11.8 Å². The Morgan fingerprint density at radius 1 is 1.19 bits per heavy atom. The average Bonchev–Trinajstić information content (AvgIpc) is 3.58. The standard InChI is InChI=1S/C21H22N4O5S/c1-12(13-4-7-16(8-5-13)24-21(28)14-2-3-14)23-19(26)11-31-18-9-6-15(20(22)27)10-17(18)25(29)30/h4-10,12,14H,2-3,11H2,1H3,(H2,22,27)(H,23,26)(H,24,28). The molecule has 31 heavy (non-hydrogen) atoms. The van der Waals surface area contributed by atoms with Gasteiger partial charge in [-0.05, 0) is 49.6 Å². The van der Waals surface area contributed by atoms with Gasteiger partial charge in [0.2, 0.25) is 17.7 Å². The molecular formula is C21H22N4O5S. The van der Waals surface area contributed by atoms with E-state index in [-0.39, 0.29) is 45.7 Å². The van der Waals surface area contributed by atoms with E-state index in [1.54, 1.807) is 12.1 Å². The van der Waals surface area contributed by atoms with Crippen LogP contribution in [0.1, 0.15) is 41.7 Å². The fraction of sp³-hybridized carbons (Fsp3) is 0.286. The molecule has 2 aromatic carbocycles. The summed E-state index contributed by atoms with van der Waals surface area (Å²) in [4.78, 5) is 46.3. The van der Waals surface area contributed by atoms with Gasteiger partial charge in [-0.3, -0.25) is 24.5 Å². The van der Waals surface area contributed by atoms with Gasteiger partial charge in [-0.15, -0.1) is 11.8 Å². The number of hydrogen-bond donors (Lipinski definition) is 3. The number of anilines is 1. The number of benzene rings is 2. The fourth-order valence-corrected chi connectivity index (χ4v) is 3.71. The van der Waals surface area contributed by atoms with Crippen LogP contribution in [0.3, 0.4) is 0 Å². The summed E-state index contributed by atoms with van der Waals surface area (Å²) in [6, 6.07) is 10.9. The SMILES string of the molecule is CC(NC(=O)CSc1ccc(C(N)=O)cc1[N+](=O)[O-])c1ccc(NC(=O)C2CC2)cc1. The van der Waals surface area contributed by atoms with Crippen LogP contribution in [0.2, 0.25) is 0 Å². The summed E-state index contributed by atoms with van der Waals surface area (Å²) in [7, 11) is 0. The summed E-state index contributed by atoms with van der Waals surface area (Å²) in [6.45, 7) is 1.82. The highest BCUT2D eigenvalue weighted by Gasteiger charge is 2.29. The molecule has 1 saturated carbocycles. The molecule has 10 heteroatoms. The van der Waals surface area contributed by atoms with Gasteiger partial charge in [-0.2, -0.15) is 0 Å². The molecular weight excluding hydrogens is 420 g/mol. The van der Waals surface area contributed by atoms with Crippen molar-refractivity contribution in [2.24, 2.45) is 11.7 Å². The van der Waals surface area contributed by atoms with Crippen molar-refractivity contribution in [3.8, 4) is 0 Å². The van der Waals surface area contributed by atoms with Crippen molar-refractivity contribution >= 4 is 40.9 Å². The first-order valence-corrected chi connectivity index (χ1v) is 10.6. The Hall–Kier alpha value is -3.40. The summed E-state index contributed by atoms with van der Waals surface area (Å²) in [5.74, 6) is -0.931. The first-order chi connectivity index (χ1) is 14.7. The second kappa shape index (κ2) is 9.61. The Labute approximate surface area is 182 Å². The van der Waals surface area contributed by atoms with Crippen LogP contribution in [-0.4, -0.2) is 28.4 Å². The maximum Gasteiger partial charge on any atom is 0.283 e. The lowest BCUT2D eigenvalue weighted by Crippen LogP contribution is -2.28. The number of primary amides is 1. The van der Waals surface area contributed by atoms with Crippen LogP contribution in [0.4, 0.5) is 11.4 Å². The number of nitro groups is 1. The van der Waals surface area contributed by atoms with Gasteiger partial charge in [0.15, 0.2) is 0 Å². The Morgan fingerprint density at radius 2 is 1.87 bits per heavy atom. The number of thioether (sulfide) groups is 1. The van der Waals surface area contributed by atoms with Crippen molar-refractivity contribution in [1.82, 2.24) is 5.32 Å². The minimum Gasteiger partial charge on any atom is -0.366 e.